The van der Waals surface area contributed by atoms with E-state index in [4.69, 9.17) is 9.84 Å². The number of ether oxygens (including phenoxy) is 1. The third-order valence-corrected chi connectivity index (χ3v) is 3.28. The van der Waals surface area contributed by atoms with Crippen LogP contribution in [0.15, 0.2) is 0 Å². The van der Waals surface area contributed by atoms with E-state index in [-0.39, 0.29) is 12.6 Å². The van der Waals surface area contributed by atoms with Crippen molar-refractivity contribution < 1.29 is 14.6 Å². The number of aliphatic hydroxyl groups is 1. The van der Waals surface area contributed by atoms with Crippen molar-refractivity contribution in [3.63, 3.8) is 0 Å². The van der Waals surface area contributed by atoms with Crippen LogP contribution in [-0.2, 0) is 9.53 Å². The Morgan fingerprint density at radius 1 is 0.950 bits per heavy atom. The van der Waals surface area contributed by atoms with Crippen LogP contribution in [-0.4, -0.2) is 37.4 Å². The predicted molar refractivity (Wildman–Crippen MR) is 82.8 cm³/mol. The minimum Gasteiger partial charge on any atom is -0.466 e. The van der Waals surface area contributed by atoms with Crippen LogP contribution in [0.4, 0.5) is 0 Å². The zero-order valence-electron chi connectivity index (χ0n) is 13.2. The van der Waals surface area contributed by atoms with Gasteiger partial charge in [0.05, 0.1) is 13.2 Å². The first-order chi connectivity index (χ1) is 9.81. The summed E-state index contributed by atoms with van der Waals surface area (Å²) < 4.78 is 5.19. The zero-order chi connectivity index (χ0) is 14.9. The minimum atomic E-state index is -0.0360. The van der Waals surface area contributed by atoms with Gasteiger partial charge in [0.1, 0.15) is 0 Å². The topological polar surface area (TPSA) is 58.6 Å². The van der Waals surface area contributed by atoms with Gasteiger partial charge in [-0.1, -0.05) is 45.4 Å². The lowest BCUT2D eigenvalue weighted by molar-refractivity contribution is -0.143. The summed E-state index contributed by atoms with van der Waals surface area (Å²) in [5.74, 6) is -0.0360. The van der Waals surface area contributed by atoms with E-state index in [1.54, 1.807) is 0 Å². The van der Waals surface area contributed by atoms with Gasteiger partial charge in [-0.2, -0.15) is 0 Å². The molecule has 0 atom stereocenters. The molecule has 4 heteroatoms. The summed E-state index contributed by atoms with van der Waals surface area (Å²) in [5, 5.41) is 11.7. The third-order valence-electron chi connectivity index (χ3n) is 3.28. The standard InChI is InChI=1S/C16H33NO3/c1-2-3-4-10-15-20-16(19)11-8-6-5-7-9-12-17-13-14-18/h17-18H,2-15H2,1H3. The monoisotopic (exact) mass is 287 g/mol. The molecule has 0 aliphatic rings. The molecule has 0 bridgehead atoms. The van der Waals surface area contributed by atoms with E-state index in [1.807, 2.05) is 0 Å². The predicted octanol–water partition coefficient (Wildman–Crippen LogP) is 3.03. The molecular formula is C16H33NO3. The van der Waals surface area contributed by atoms with Gasteiger partial charge in [0.2, 0.25) is 0 Å². The highest BCUT2D eigenvalue weighted by Crippen LogP contribution is 2.06. The maximum absolute atomic E-state index is 11.4. The average Bonchev–Trinajstić information content (AvgIpc) is 2.45. The summed E-state index contributed by atoms with van der Waals surface area (Å²) in [4.78, 5) is 11.4. The highest BCUT2D eigenvalue weighted by molar-refractivity contribution is 5.69. The van der Waals surface area contributed by atoms with Crippen molar-refractivity contribution in [3.8, 4) is 0 Å². The van der Waals surface area contributed by atoms with Crippen molar-refractivity contribution in [3.05, 3.63) is 0 Å². The Bertz CT molecular complexity index is 210. The molecule has 0 radical (unpaired) electrons. The van der Waals surface area contributed by atoms with Gasteiger partial charge in [-0.15, -0.1) is 0 Å². The Balaban J connectivity index is 3.11. The van der Waals surface area contributed by atoms with E-state index in [2.05, 4.69) is 12.2 Å². The van der Waals surface area contributed by atoms with Crippen LogP contribution >= 0.6 is 0 Å². The summed E-state index contributed by atoms with van der Waals surface area (Å²) >= 11 is 0. The summed E-state index contributed by atoms with van der Waals surface area (Å²) in [6.45, 7) is 4.63. The summed E-state index contributed by atoms with van der Waals surface area (Å²) in [7, 11) is 0. The number of hydrogen-bond donors (Lipinski definition) is 2. The molecule has 0 amide bonds. The maximum Gasteiger partial charge on any atom is 0.305 e. The Hall–Kier alpha value is -0.610. The highest BCUT2D eigenvalue weighted by atomic mass is 16.5. The second-order valence-corrected chi connectivity index (χ2v) is 5.27. The van der Waals surface area contributed by atoms with E-state index in [0.29, 0.717) is 19.6 Å². The highest BCUT2D eigenvalue weighted by Gasteiger charge is 2.02. The van der Waals surface area contributed by atoms with Crippen LogP contribution in [0.1, 0.15) is 71.1 Å². The van der Waals surface area contributed by atoms with Gasteiger partial charge in [-0.25, -0.2) is 0 Å². The van der Waals surface area contributed by atoms with E-state index in [1.165, 1.54) is 25.7 Å². The van der Waals surface area contributed by atoms with E-state index < -0.39 is 0 Å². The Morgan fingerprint density at radius 3 is 2.40 bits per heavy atom. The van der Waals surface area contributed by atoms with Gasteiger partial charge >= 0.3 is 5.97 Å². The van der Waals surface area contributed by atoms with Crippen molar-refractivity contribution in [2.45, 2.75) is 71.1 Å². The number of unbranched alkanes of at least 4 members (excludes halogenated alkanes) is 7. The molecule has 0 saturated heterocycles. The largest absolute Gasteiger partial charge is 0.466 e. The Kier molecular flexibility index (Phi) is 15.9. The summed E-state index contributed by atoms with van der Waals surface area (Å²) in [6, 6.07) is 0. The first kappa shape index (κ1) is 19.4. The molecule has 0 unspecified atom stereocenters. The second-order valence-electron chi connectivity index (χ2n) is 5.27. The summed E-state index contributed by atoms with van der Waals surface area (Å²) in [6.07, 6.45) is 10.7. The molecule has 0 heterocycles. The molecule has 120 valence electrons. The van der Waals surface area contributed by atoms with Crippen molar-refractivity contribution in [2.75, 3.05) is 26.3 Å². The van der Waals surface area contributed by atoms with Crippen LogP contribution in [0.3, 0.4) is 0 Å². The van der Waals surface area contributed by atoms with Crippen LogP contribution in [0.25, 0.3) is 0 Å². The van der Waals surface area contributed by atoms with E-state index in [9.17, 15) is 4.79 Å². The molecule has 0 spiro atoms. The molecule has 0 aromatic rings. The van der Waals surface area contributed by atoms with Crippen molar-refractivity contribution in [1.29, 1.82) is 0 Å². The third kappa shape index (κ3) is 15.4. The maximum atomic E-state index is 11.4. The van der Waals surface area contributed by atoms with Gasteiger partial charge in [0.15, 0.2) is 0 Å². The van der Waals surface area contributed by atoms with Crippen molar-refractivity contribution in [1.82, 2.24) is 5.32 Å². The first-order valence-electron chi connectivity index (χ1n) is 8.28. The molecule has 0 saturated carbocycles. The molecule has 20 heavy (non-hydrogen) atoms. The van der Waals surface area contributed by atoms with Gasteiger partial charge in [-0.3, -0.25) is 4.79 Å². The lowest BCUT2D eigenvalue weighted by Gasteiger charge is -2.05. The fraction of sp³-hybridized carbons (Fsp3) is 0.938. The molecule has 0 fully saturated rings. The van der Waals surface area contributed by atoms with Crippen molar-refractivity contribution in [2.24, 2.45) is 0 Å². The lowest BCUT2D eigenvalue weighted by Crippen LogP contribution is -2.19. The molecule has 4 nitrogen and oxygen atoms in total. The van der Waals surface area contributed by atoms with Gasteiger partial charge in [0, 0.05) is 13.0 Å². The lowest BCUT2D eigenvalue weighted by atomic mass is 10.1. The molecule has 0 aromatic heterocycles. The molecule has 0 aliphatic carbocycles. The van der Waals surface area contributed by atoms with Crippen molar-refractivity contribution >= 4 is 5.97 Å². The number of carbonyl (C=O) groups excluding carboxylic acids is 1. The number of aliphatic hydroxyl groups excluding tert-OH is 1. The number of esters is 1. The SMILES string of the molecule is CCCCCCOC(=O)CCCCCCCNCCO. The molecule has 0 aromatic carbocycles. The van der Waals surface area contributed by atoms with Gasteiger partial charge < -0.3 is 15.2 Å². The first-order valence-corrected chi connectivity index (χ1v) is 8.28. The van der Waals surface area contributed by atoms with Gasteiger partial charge in [-0.05, 0) is 25.8 Å². The van der Waals surface area contributed by atoms with Crippen LogP contribution in [0.2, 0.25) is 0 Å². The van der Waals surface area contributed by atoms with Crippen LogP contribution in [0, 0.1) is 0 Å². The van der Waals surface area contributed by atoms with Crippen LogP contribution in [0.5, 0.6) is 0 Å². The number of nitrogens with one attached hydrogen (secondary N) is 1. The Morgan fingerprint density at radius 2 is 1.65 bits per heavy atom. The molecule has 0 aliphatic heterocycles. The molecule has 2 N–H and O–H groups in total. The van der Waals surface area contributed by atoms with Gasteiger partial charge in [0.25, 0.3) is 0 Å². The van der Waals surface area contributed by atoms with E-state index >= 15 is 0 Å². The summed E-state index contributed by atoms with van der Waals surface area (Å²) in [5.41, 5.74) is 0. The minimum absolute atomic E-state index is 0.0360. The smallest absolute Gasteiger partial charge is 0.305 e. The number of hydrogen-bond acceptors (Lipinski definition) is 4. The van der Waals surface area contributed by atoms with Crippen LogP contribution < -0.4 is 5.32 Å². The second kappa shape index (κ2) is 16.4. The molecular weight excluding hydrogens is 254 g/mol. The number of carbonyl (C=O) groups is 1. The average molecular weight is 287 g/mol. The fourth-order valence-corrected chi connectivity index (χ4v) is 2.04. The fourth-order valence-electron chi connectivity index (χ4n) is 2.04. The quantitative estimate of drug-likeness (QED) is 0.359. The Labute approximate surface area is 124 Å². The zero-order valence-corrected chi connectivity index (χ0v) is 13.2. The number of rotatable bonds is 15. The molecule has 0 rings (SSSR count). The normalized spacial score (nSPS) is 10.7. The van der Waals surface area contributed by atoms with E-state index in [0.717, 1.165) is 38.6 Å².